The summed E-state index contributed by atoms with van der Waals surface area (Å²) in [6.45, 7) is 10.1. The Morgan fingerprint density at radius 1 is 1.05 bits per heavy atom. The molecule has 0 radical (unpaired) electrons. The molecule has 122 valence electrons. The number of rotatable bonds is 5. The molecule has 2 saturated carbocycles. The monoisotopic (exact) mass is 310 g/mol. The highest BCUT2D eigenvalue weighted by atomic mass is 32.2. The molecule has 0 aromatic carbocycles. The fourth-order valence-electron chi connectivity index (χ4n) is 4.04. The van der Waals surface area contributed by atoms with Crippen molar-refractivity contribution in [1.82, 2.24) is 10.2 Å². The van der Waals surface area contributed by atoms with Gasteiger partial charge in [0.25, 0.3) is 0 Å². The van der Waals surface area contributed by atoms with Crippen LogP contribution in [0.25, 0.3) is 0 Å². The molecule has 1 N–H and O–H groups in total. The molecule has 0 spiro atoms. The van der Waals surface area contributed by atoms with Gasteiger partial charge < -0.3 is 10.2 Å². The minimum absolute atomic E-state index is 0.487. The van der Waals surface area contributed by atoms with Crippen molar-refractivity contribution in [3.63, 3.8) is 0 Å². The van der Waals surface area contributed by atoms with Crippen LogP contribution < -0.4 is 5.32 Å². The van der Waals surface area contributed by atoms with Crippen LogP contribution in [0.3, 0.4) is 0 Å². The minimum Gasteiger partial charge on any atom is -0.313 e. The standard InChI is InChI=1S/C18H34N2S/c1-17(2)10-11-20(12-13-21-17)15-18(8-4-3-5-9-18)14-19-16-6-7-16/h16,19H,3-15H2,1-2H3. The zero-order valence-electron chi connectivity index (χ0n) is 14.1. The van der Waals surface area contributed by atoms with Crippen LogP contribution in [0.2, 0.25) is 0 Å². The molecule has 3 fully saturated rings. The van der Waals surface area contributed by atoms with Crippen molar-refractivity contribution in [1.29, 1.82) is 0 Å². The maximum atomic E-state index is 3.86. The van der Waals surface area contributed by atoms with Gasteiger partial charge in [0, 0.05) is 36.2 Å². The van der Waals surface area contributed by atoms with Gasteiger partial charge in [-0.1, -0.05) is 33.1 Å². The van der Waals surface area contributed by atoms with Crippen LogP contribution in [0, 0.1) is 5.41 Å². The van der Waals surface area contributed by atoms with Gasteiger partial charge in [-0.25, -0.2) is 0 Å². The predicted octanol–water partition coefficient (Wildman–Crippen LogP) is 3.91. The summed E-state index contributed by atoms with van der Waals surface area (Å²) in [7, 11) is 0. The molecule has 0 amide bonds. The molecule has 0 aromatic rings. The molecule has 1 aliphatic heterocycles. The van der Waals surface area contributed by atoms with Crippen LogP contribution in [0.1, 0.15) is 65.2 Å². The SMILES string of the molecule is CC1(C)CCN(CC2(CNC3CC3)CCCCC2)CCS1. The Labute approximate surface area is 135 Å². The Hall–Kier alpha value is 0.270. The molecule has 0 atom stereocenters. The zero-order valence-corrected chi connectivity index (χ0v) is 14.9. The Kier molecular flexibility index (Phi) is 5.23. The highest BCUT2D eigenvalue weighted by Crippen LogP contribution is 2.39. The van der Waals surface area contributed by atoms with Gasteiger partial charge in [0.05, 0.1) is 0 Å². The average molecular weight is 311 g/mol. The molecule has 1 heterocycles. The summed E-state index contributed by atoms with van der Waals surface area (Å²) in [5.41, 5.74) is 0.583. The molecule has 3 heteroatoms. The lowest BCUT2D eigenvalue weighted by Gasteiger charge is -2.41. The summed E-state index contributed by atoms with van der Waals surface area (Å²) in [6.07, 6.45) is 11.5. The van der Waals surface area contributed by atoms with Gasteiger partial charge in [0.2, 0.25) is 0 Å². The van der Waals surface area contributed by atoms with E-state index >= 15 is 0 Å². The number of hydrogen-bond donors (Lipinski definition) is 1. The second-order valence-corrected chi connectivity index (χ2v) is 10.2. The summed E-state index contributed by atoms with van der Waals surface area (Å²) >= 11 is 2.18. The number of thioether (sulfide) groups is 1. The molecule has 2 nitrogen and oxygen atoms in total. The fourth-order valence-corrected chi connectivity index (χ4v) is 5.17. The first-order chi connectivity index (χ1) is 10.1. The van der Waals surface area contributed by atoms with E-state index in [0.29, 0.717) is 10.2 Å². The third-order valence-corrected chi connectivity index (χ3v) is 7.12. The van der Waals surface area contributed by atoms with Gasteiger partial charge in [0.1, 0.15) is 0 Å². The first kappa shape index (κ1) is 16.1. The van der Waals surface area contributed by atoms with Crippen molar-refractivity contribution >= 4 is 11.8 Å². The van der Waals surface area contributed by atoms with Gasteiger partial charge >= 0.3 is 0 Å². The third-order valence-electron chi connectivity index (χ3n) is 5.75. The average Bonchev–Trinajstić information content (AvgIpc) is 3.28. The highest BCUT2D eigenvalue weighted by molar-refractivity contribution is 8.00. The number of hydrogen-bond acceptors (Lipinski definition) is 3. The first-order valence-corrected chi connectivity index (χ1v) is 10.2. The Morgan fingerprint density at radius 3 is 2.52 bits per heavy atom. The quantitative estimate of drug-likeness (QED) is 0.829. The summed E-state index contributed by atoms with van der Waals surface area (Å²) in [5, 5.41) is 3.86. The lowest BCUT2D eigenvalue weighted by molar-refractivity contribution is 0.105. The van der Waals surface area contributed by atoms with E-state index in [9.17, 15) is 0 Å². The van der Waals surface area contributed by atoms with E-state index in [4.69, 9.17) is 0 Å². The van der Waals surface area contributed by atoms with E-state index in [1.54, 1.807) is 0 Å². The molecule has 21 heavy (non-hydrogen) atoms. The number of nitrogens with one attached hydrogen (secondary N) is 1. The molecule has 0 aromatic heterocycles. The minimum atomic E-state index is 0.487. The molecule has 0 unspecified atom stereocenters. The second kappa shape index (κ2) is 6.80. The van der Waals surface area contributed by atoms with Gasteiger partial charge in [-0.05, 0) is 44.1 Å². The molecule has 1 saturated heterocycles. The van der Waals surface area contributed by atoms with Crippen LogP contribution >= 0.6 is 11.8 Å². The van der Waals surface area contributed by atoms with Gasteiger partial charge in [-0.15, -0.1) is 0 Å². The van der Waals surface area contributed by atoms with Crippen LogP contribution in [0.5, 0.6) is 0 Å². The van der Waals surface area contributed by atoms with Gasteiger partial charge in [-0.3, -0.25) is 0 Å². The molecular formula is C18H34N2S. The highest BCUT2D eigenvalue weighted by Gasteiger charge is 2.36. The van der Waals surface area contributed by atoms with Crippen LogP contribution in [-0.2, 0) is 0 Å². The summed E-state index contributed by atoms with van der Waals surface area (Å²) < 4.78 is 0.487. The molecule has 0 bridgehead atoms. The van der Waals surface area contributed by atoms with Crippen LogP contribution in [-0.4, -0.2) is 47.6 Å². The topological polar surface area (TPSA) is 15.3 Å². The Bertz CT molecular complexity index is 332. The summed E-state index contributed by atoms with van der Waals surface area (Å²) in [6, 6.07) is 0.863. The van der Waals surface area contributed by atoms with Crippen molar-refractivity contribution < 1.29 is 0 Å². The molecule has 3 aliphatic rings. The maximum absolute atomic E-state index is 3.86. The van der Waals surface area contributed by atoms with Crippen molar-refractivity contribution in [3.05, 3.63) is 0 Å². The lowest BCUT2D eigenvalue weighted by Crippen LogP contribution is -2.46. The van der Waals surface area contributed by atoms with E-state index in [2.05, 4.69) is 35.8 Å². The fraction of sp³-hybridized carbons (Fsp3) is 1.00. The Morgan fingerprint density at radius 2 is 1.81 bits per heavy atom. The summed E-state index contributed by atoms with van der Waals surface area (Å²) in [4.78, 5) is 2.79. The van der Waals surface area contributed by atoms with Crippen molar-refractivity contribution in [2.24, 2.45) is 5.41 Å². The van der Waals surface area contributed by atoms with E-state index in [0.717, 1.165) is 6.04 Å². The van der Waals surface area contributed by atoms with Crippen LogP contribution in [0.4, 0.5) is 0 Å². The van der Waals surface area contributed by atoms with E-state index < -0.39 is 0 Å². The largest absolute Gasteiger partial charge is 0.313 e. The van der Waals surface area contributed by atoms with Crippen molar-refractivity contribution in [3.8, 4) is 0 Å². The van der Waals surface area contributed by atoms with E-state index in [-0.39, 0.29) is 0 Å². The predicted molar refractivity (Wildman–Crippen MR) is 94.1 cm³/mol. The third kappa shape index (κ3) is 4.87. The summed E-state index contributed by atoms with van der Waals surface area (Å²) in [5.74, 6) is 1.32. The first-order valence-electron chi connectivity index (χ1n) is 9.17. The zero-order chi connectivity index (χ0) is 14.8. The lowest BCUT2D eigenvalue weighted by atomic mass is 9.73. The Balaban J connectivity index is 1.57. The van der Waals surface area contributed by atoms with Crippen LogP contribution in [0.15, 0.2) is 0 Å². The van der Waals surface area contributed by atoms with Gasteiger partial charge in [0.15, 0.2) is 0 Å². The second-order valence-electron chi connectivity index (χ2n) is 8.35. The maximum Gasteiger partial charge on any atom is 0.0116 e. The molecule has 2 aliphatic carbocycles. The number of nitrogens with zero attached hydrogens (tertiary/aromatic N) is 1. The normalized spacial score (nSPS) is 30.0. The van der Waals surface area contributed by atoms with Gasteiger partial charge in [-0.2, -0.15) is 11.8 Å². The molecular weight excluding hydrogens is 276 g/mol. The van der Waals surface area contributed by atoms with Crippen molar-refractivity contribution in [2.75, 3.05) is 31.9 Å². The molecule has 3 rings (SSSR count). The van der Waals surface area contributed by atoms with Crippen molar-refractivity contribution in [2.45, 2.75) is 76.0 Å². The van der Waals surface area contributed by atoms with E-state index in [1.165, 1.54) is 83.3 Å². The van der Waals surface area contributed by atoms with E-state index in [1.807, 2.05) is 0 Å². The smallest absolute Gasteiger partial charge is 0.0116 e.